The van der Waals surface area contributed by atoms with Gasteiger partial charge in [-0.25, -0.2) is 9.59 Å². The monoisotopic (exact) mass is 905 g/mol. The van der Waals surface area contributed by atoms with Gasteiger partial charge in [-0.05, 0) is 106 Å². The van der Waals surface area contributed by atoms with Crippen molar-refractivity contribution in [1.82, 2.24) is 15.5 Å². The molecule has 2 amide bonds. The zero-order chi connectivity index (χ0) is 46.5. The van der Waals surface area contributed by atoms with Gasteiger partial charge in [-0.3, -0.25) is 9.59 Å². The lowest BCUT2D eigenvalue weighted by Gasteiger charge is -2.41. The number of rotatable bonds is 24. The maximum Gasteiger partial charge on any atom is 0.407 e. The van der Waals surface area contributed by atoms with Gasteiger partial charge in [0.05, 0.1) is 19.8 Å². The lowest BCUT2D eigenvalue weighted by atomic mass is 9.66. The molecule has 0 radical (unpaired) electrons. The molecule has 2 unspecified atom stereocenters. The standard InChI is InChI=1S/C53H67N3O10/c1-56(30-32-61-2)31-33-64-52(59)54-45-24-18-39(19-25-45)49(38-14-16-43(17-15-38)50(57)41-10-6-4-7-11-41)40-20-26-46(27-21-40)55-53(60)65-35-34-63-36-48(62-3)37-66-47-28-22-44(23-29-47)51(58)42-12-8-5-9-13-42/h4-17,22-23,28-29,39-40,45-46,48-49H,18-21,24-27,30-37H2,1-3H3,(H,54,59)(H,55,60). The number of ether oxygens (including phenoxy) is 6. The van der Waals surface area contributed by atoms with Crippen LogP contribution in [-0.2, 0) is 23.7 Å². The molecule has 2 aliphatic carbocycles. The van der Waals surface area contributed by atoms with Crippen molar-refractivity contribution in [2.24, 2.45) is 11.8 Å². The largest absolute Gasteiger partial charge is 0.491 e. The number of carbonyl (C=O) groups excluding carboxylic acids is 4. The Morgan fingerprint density at radius 1 is 0.561 bits per heavy atom. The van der Waals surface area contributed by atoms with E-state index >= 15 is 0 Å². The first kappa shape index (κ1) is 49.8. The zero-order valence-corrected chi connectivity index (χ0v) is 38.7. The van der Waals surface area contributed by atoms with Crippen LogP contribution in [0.25, 0.3) is 0 Å². The van der Waals surface area contributed by atoms with Crippen molar-refractivity contribution < 1.29 is 47.6 Å². The van der Waals surface area contributed by atoms with E-state index in [1.807, 2.05) is 67.7 Å². The Balaban J connectivity index is 0.930. The van der Waals surface area contributed by atoms with Gasteiger partial charge >= 0.3 is 12.2 Å². The van der Waals surface area contributed by atoms with Gasteiger partial charge in [-0.15, -0.1) is 0 Å². The van der Waals surface area contributed by atoms with Gasteiger partial charge in [0.1, 0.15) is 31.7 Å². The number of nitrogens with one attached hydrogen (secondary N) is 2. The molecule has 0 heterocycles. The molecule has 354 valence electrons. The Morgan fingerprint density at radius 2 is 1.03 bits per heavy atom. The molecule has 0 saturated heterocycles. The fraction of sp³-hybridized carbons (Fsp3) is 0.472. The number of ketones is 2. The van der Waals surface area contributed by atoms with Crippen molar-refractivity contribution in [3.8, 4) is 5.75 Å². The van der Waals surface area contributed by atoms with Crippen LogP contribution < -0.4 is 15.4 Å². The second kappa shape index (κ2) is 26.5. The Morgan fingerprint density at radius 3 is 1.53 bits per heavy atom. The second-order valence-electron chi connectivity index (χ2n) is 17.4. The van der Waals surface area contributed by atoms with Crippen LogP contribution >= 0.6 is 0 Å². The van der Waals surface area contributed by atoms with E-state index in [2.05, 4.69) is 27.7 Å². The first-order valence-electron chi connectivity index (χ1n) is 23.4. The molecule has 4 aromatic rings. The molecule has 0 aromatic heterocycles. The summed E-state index contributed by atoms with van der Waals surface area (Å²) in [4.78, 5) is 53.5. The average Bonchev–Trinajstić information content (AvgIpc) is 3.35. The van der Waals surface area contributed by atoms with Gasteiger partial charge in [-0.1, -0.05) is 84.9 Å². The quantitative estimate of drug-likeness (QED) is 0.0515. The van der Waals surface area contributed by atoms with Crippen molar-refractivity contribution in [3.63, 3.8) is 0 Å². The topological polar surface area (TPSA) is 151 Å². The first-order chi connectivity index (χ1) is 32.2. The molecule has 66 heavy (non-hydrogen) atoms. The molecule has 0 bridgehead atoms. The highest BCUT2D eigenvalue weighted by Crippen LogP contribution is 2.46. The molecule has 2 saturated carbocycles. The summed E-state index contributed by atoms with van der Waals surface area (Å²) in [5, 5.41) is 6.18. The zero-order valence-electron chi connectivity index (χ0n) is 38.7. The fourth-order valence-corrected chi connectivity index (χ4v) is 9.10. The number of likely N-dealkylation sites (N-methyl/N-ethyl adjacent to an activating group) is 1. The Hall–Kier alpha value is -5.60. The number of methoxy groups -OCH3 is 2. The minimum absolute atomic E-state index is 0.00574. The van der Waals surface area contributed by atoms with Crippen LogP contribution in [-0.4, -0.2) is 121 Å². The minimum atomic E-state index is -0.458. The van der Waals surface area contributed by atoms with E-state index in [4.69, 9.17) is 28.4 Å². The number of nitrogens with zero attached hydrogens (tertiary/aromatic N) is 1. The molecule has 2 atom stereocenters. The first-order valence-corrected chi connectivity index (χ1v) is 23.4. The molecular weight excluding hydrogens is 839 g/mol. The number of amides is 2. The Bertz CT molecular complexity index is 2070. The lowest BCUT2D eigenvalue weighted by Crippen LogP contribution is -2.41. The third-order valence-corrected chi connectivity index (χ3v) is 12.9. The van der Waals surface area contributed by atoms with Crippen LogP contribution in [0.5, 0.6) is 5.75 Å². The molecule has 6 rings (SSSR count). The maximum atomic E-state index is 13.3. The van der Waals surface area contributed by atoms with Crippen molar-refractivity contribution in [3.05, 3.63) is 137 Å². The van der Waals surface area contributed by atoms with Gasteiger partial charge in [0, 0.05) is 61.6 Å². The smallest absolute Gasteiger partial charge is 0.407 e. The summed E-state index contributed by atoms with van der Waals surface area (Å²) in [6.07, 6.45) is 6.07. The third-order valence-electron chi connectivity index (χ3n) is 12.9. The van der Waals surface area contributed by atoms with Crippen molar-refractivity contribution >= 4 is 23.8 Å². The van der Waals surface area contributed by atoms with Crippen LogP contribution in [0.1, 0.15) is 94.7 Å². The number of hydrogen-bond acceptors (Lipinski definition) is 11. The number of benzene rings is 4. The SMILES string of the molecule is COCCN(C)CCOC(=O)NC1CCC(C(c2ccc(C(=O)c3ccccc3)cc2)C2CCC(NC(=O)OCCOCC(COc3ccc(C(=O)c4ccccc4)cc3)OC)CC2)CC1. The van der Waals surface area contributed by atoms with Crippen LogP contribution in [0.2, 0.25) is 0 Å². The molecule has 2 fully saturated rings. The van der Waals surface area contributed by atoms with E-state index in [-0.39, 0.29) is 68.2 Å². The fourth-order valence-electron chi connectivity index (χ4n) is 9.10. The Kier molecular flexibility index (Phi) is 20.0. The second-order valence-corrected chi connectivity index (χ2v) is 17.4. The van der Waals surface area contributed by atoms with Crippen molar-refractivity contribution in [2.45, 2.75) is 75.5 Å². The molecule has 2 N–H and O–H groups in total. The summed E-state index contributed by atoms with van der Waals surface area (Å²) in [5.41, 5.74) is 3.78. The normalized spacial score (nSPS) is 19.3. The van der Waals surface area contributed by atoms with Crippen molar-refractivity contribution in [1.29, 1.82) is 0 Å². The molecule has 13 nitrogen and oxygen atoms in total. The summed E-state index contributed by atoms with van der Waals surface area (Å²) < 4.78 is 33.3. The van der Waals surface area contributed by atoms with Gasteiger partial charge in [0.2, 0.25) is 0 Å². The van der Waals surface area contributed by atoms with E-state index in [0.717, 1.165) is 57.9 Å². The average molecular weight is 906 g/mol. The van der Waals surface area contributed by atoms with Crippen LogP contribution in [0.3, 0.4) is 0 Å². The van der Waals surface area contributed by atoms with E-state index in [0.29, 0.717) is 59.6 Å². The van der Waals surface area contributed by atoms with Gasteiger partial charge in [0.15, 0.2) is 11.6 Å². The lowest BCUT2D eigenvalue weighted by molar-refractivity contribution is -0.0234. The number of alkyl carbamates (subject to hydrolysis) is 2. The summed E-state index contributed by atoms with van der Waals surface area (Å²) in [7, 11) is 5.23. The van der Waals surface area contributed by atoms with E-state index in [1.54, 1.807) is 50.6 Å². The number of hydrogen-bond donors (Lipinski definition) is 2. The van der Waals surface area contributed by atoms with E-state index in [1.165, 1.54) is 5.56 Å². The minimum Gasteiger partial charge on any atom is -0.491 e. The Labute approximate surface area is 389 Å². The van der Waals surface area contributed by atoms with Crippen molar-refractivity contribution in [2.75, 3.05) is 74.0 Å². The molecule has 13 heteroatoms. The number of carbonyl (C=O) groups is 4. The third kappa shape index (κ3) is 15.5. The molecular formula is C53H67N3O10. The highest BCUT2D eigenvalue weighted by Gasteiger charge is 2.37. The van der Waals surface area contributed by atoms with Gasteiger partial charge in [0.25, 0.3) is 0 Å². The van der Waals surface area contributed by atoms with E-state index in [9.17, 15) is 19.2 Å². The molecule has 0 spiro atoms. The summed E-state index contributed by atoms with van der Waals surface area (Å²) >= 11 is 0. The summed E-state index contributed by atoms with van der Waals surface area (Å²) in [6, 6.07) is 33.8. The maximum absolute atomic E-state index is 13.3. The molecule has 4 aromatic carbocycles. The van der Waals surface area contributed by atoms with Gasteiger partial charge in [-0.2, -0.15) is 0 Å². The highest BCUT2D eigenvalue weighted by atomic mass is 16.6. The molecule has 0 aliphatic heterocycles. The van der Waals surface area contributed by atoms with Crippen LogP contribution in [0, 0.1) is 11.8 Å². The van der Waals surface area contributed by atoms with Gasteiger partial charge < -0.3 is 44.0 Å². The van der Waals surface area contributed by atoms with Crippen LogP contribution in [0.4, 0.5) is 9.59 Å². The van der Waals surface area contributed by atoms with E-state index < -0.39 is 6.09 Å². The predicted octanol–water partition coefficient (Wildman–Crippen LogP) is 8.49. The highest BCUT2D eigenvalue weighted by molar-refractivity contribution is 6.09. The summed E-state index contributed by atoms with van der Waals surface area (Å²) in [6.45, 7) is 3.17. The summed E-state index contributed by atoms with van der Waals surface area (Å²) in [5.74, 6) is 1.67. The van der Waals surface area contributed by atoms with Crippen LogP contribution in [0.15, 0.2) is 109 Å². The predicted molar refractivity (Wildman–Crippen MR) is 252 cm³/mol. The molecule has 2 aliphatic rings.